The van der Waals surface area contributed by atoms with E-state index in [1.54, 1.807) is 24.4 Å². The summed E-state index contributed by atoms with van der Waals surface area (Å²) in [4.78, 5) is 19.2. The number of anilines is 2. The molecule has 5 nitrogen and oxygen atoms in total. The lowest BCUT2D eigenvalue weighted by atomic mass is 9.90. The molecule has 0 aliphatic carbocycles. The summed E-state index contributed by atoms with van der Waals surface area (Å²) in [7, 11) is 0. The van der Waals surface area contributed by atoms with Gasteiger partial charge in [0.1, 0.15) is 5.82 Å². The minimum Gasteiger partial charge on any atom is -0.340 e. The van der Waals surface area contributed by atoms with Gasteiger partial charge in [0.05, 0.1) is 17.2 Å². The summed E-state index contributed by atoms with van der Waals surface area (Å²) in [6, 6.07) is 23.5. The van der Waals surface area contributed by atoms with Gasteiger partial charge in [-0.2, -0.15) is 5.26 Å². The molecule has 1 aliphatic rings. The number of carbonyl (C=O) groups excluding carboxylic acids is 1. The first-order valence-electron chi connectivity index (χ1n) is 10.3. The maximum absolute atomic E-state index is 12.8. The zero-order chi connectivity index (χ0) is 20.8. The van der Waals surface area contributed by atoms with Crippen LogP contribution in [0.3, 0.4) is 0 Å². The zero-order valence-electron chi connectivity index (χ0n) is 16.8. The number of nitrogens with one attached hydrogen (secondary N) is 1. The van der Waals surface area contributed by atoms with Gasteiger partial charge in [-0.25, -0.2) is 4.98 Å². The van der Waals surface area contributed by atoms with Gasteiger partial charge in [0.15, 0.2) is 0 Å². The van der Waals surface area contributed by atoms with Gasteiger partial charge in [0, 0.05) is 25.0 Å². The molecule has 0 bridgehead atoms. The quantitative estimate of drug-likeness (QED) is 0.673. The molecule has 0 radical (unpaired) electrons. The molecule has 1 aromatic heterocycles. The third-order valence-corrected chi connectivity index (χ3v) is 5.54. The Morgan fingerprint density at radius 3 is 2.57 bits per heavy atom. The molecular weight excluding hydrogens is 372 g/mol. The van der Waals surface area contributed by atoms with Crippen molar-refractivity contribution >= 4 is 17.4 Å². The van der Waals surface area contributed by atoms with E-state index < -0.39 is 0 Å². The van der Waals surface area contributed by atoms with Crippen LogP contribution in [0.25, 0.3) is 0 Å². The molecule has 2 heterocycles. The SMILES string of the molecule is N#Cc1cccc(Nc2ccc(C(=O)N3CCC(Cc4ccccc4)CC3)cn2)c1. The first kappa shape index (κ1) is 19.7. The molecule has 0 atom stereocenters. The van der Waals surface area contributed by atoms with E-state index in [-0.39, 0.29) is 5.91 Å². The number of nitriles is 1. The van der Waals surface area contributed by atoms with Crippen molar-refractivity contribution in [1.29, 1.82) is 5.26 Å². The van der Waals surface area contributed by atoms with Gasteiger partial charge >= 0.3 is 0 Å². The van der Waals surface area contributed by atoms with Crippen LogP contribution in [0.2, 0.25) is 0 Å². The number of aromatic nitrogens is 1. The number of carbonyl (C=O) groups is 1. The minimum atomic E-state index is 0.0405. The van der Waals surface area contributed by atoms with Crippen molar-refractivity contribution in [2.45, 2.75) is 19.3 Å². The second-order valence-electron chi connectivity index (χ2n) is 7.68. The summed E-state index contributed by atoms with van der Waals surface area (Å²) in [5.74, 6) is 1.31. The van der Waals surface area contributed by atoms with Crippen molar-refractivity contribution in [1.82, 2.24) is 9.88 Å². The average Bonchev–Trinajstić information content (AvgIpc) is 2.80. The second kappa shape index (κ2) is 9.23. The molecule has 1 N–H and O–H groups in total. The Bertz CT molecular complexity index is 1030. The monoisotopic (exact) mass is 396 g/mol. The zero-order valence-corrected chi connectivity index (χ0v) is 16.8. The molecule has 3 aromatic rings. The molecule has 2 aromatic carbocycles. The molecule has 4 rings (SSSR count). The van der Waals surface area contributed by atoms with Crippen molar-refractivity contribution in [3.8, 4) is 6.07 Å². The third-order valence-electron chi connectivity index (χ3n) is 5.54. The Kier molecular flexibility index (Phi) is 6.05. The number of benzene rings is 2. The molecule has 1 saturated heterocycles. The summed E-state index contributed by atoms with van der Waals surface area (Å²) < 4.78 is 0. The normalized spacial score (nSPS) is 14.2. The van der Waals surface area contributed by atoms with Gasteiger partial charge in [-0.3, -0.25) is 4.79 Å². The average molecular weight is 396 g/mol. The molecule has 5 heteroatoms. The summed E-state index contributed by atoms with van der Waals surface area (Å²) in [6.07, 6.45) is 4.76. The molecule has 150 valence electrons. The lowest BCUT2D eigenvalue weighted by Crippen LogP contribution is -2.38. The van der Waals surface area contributed by atoms with E-state index in [0.717, 1.165) is 38.0 Å². The molecule has 0 spiro atoms. The Hall–Kier alpha value is -3.65. The highest BCUT2D eigenvalue weighted by Gasteiger charge is 2.24. The topological polar surface area (TPSA) is 69.0 Å². The predicted molar refractivity (Wildman–Crippen MR) is 117 cm³/mol. The fourth-order valence-corrected chi connectivity index (χ4v) is 3.88. The van der Waals surface area contributed by atoms with Crippen LogP contribution in [0.4, 0.5) is 11.5 Å². The predicted octanol–water partition coefficient (Wildman–Crippen LogP) is 4.79. The van der Waals surface area contributed by atoms with Crippen LogP contribution in [0.15, 0.2) is 72.9 Å². The highest BCUT2D eigenvalue weighted by molar-refractivity contribution is 5.94. The van der Waals surface area contributed by atoms with Crippen molar-refractivity contribution in [3.05, 3.63) is 89.6 Å². The van der Waals surface area contributed by atoms with Crippen molar-refractivity contribution in [2.75, 3.05) is 18.4 Å². The smallest absolute Gasteiger partial charge is 0.255 e. The fraction of sp³-hybridized carbons (Fsp3) is 0.240. The van der Waals surface area contributed by atoms with Crippen molar-refractivity contribution in [3.63, 3.8) is 0 Å². The standard InChI is InChI=1S/C25H24N4O/c26-17-21-7-4-8-23(16-21)28-24-10-9-22(18-27-24)25(30)29-13-11-20(12-14-29)15-19-5-2-1-3-6-19/h1-10,16,18,20H,11-15H2,(H,27,28). The van der Waals surface area contributed by atoms with Gasteiger partial charge in [0.25, 0.3) is 5.91 Å². The fourth-order valence-electron chi connectivity index (χ4n) is 3.88. The van der Waals surface area contributed by atoms with E-state index in [2.05, 4.69) is 40.6 Å². The largest absolute Gasteiger partial charge is 0.340 e. The van der Waals surface area contributed by atoms with Crippen LogP contribution < -0.4 is 5.32 Å². The van der Waals surface area contributed by atoms with Gasteiger partial charge in [-0.05, 0) is 61.1 Å². The maximum Gasteiger partial charge on any atom is 0.255 e. The summed E-state index contributed by atoms with van der Waals surface area (Å²) >= 11 is 0. The van der Waals surface area contributed by atoms with E-state index in [1.807, 2.05) is 29.2 Å². The lowest BCUT2D eigenvalue weighted by molar-refractivity contribution is 0.0690. The van der Waals surface area contributed by atoms with Crippen molar-refractivity contribution < 1.29 is 4.79 Å². The lowest BCUT2D eigenvalue weighted by Gasteiger charge is -2.32. The van der Waals surface area contributed by atoms with Gasteiger partial charge in [-0.15, -0.1) is 0 Å². The second-order valence-corrected chi connectivity index (χ2v) is 7.68. The first-order valence-corrected chi connectivity index (χ1v) is 10.3. The molecule has 1 aliphatic heterocycles. The molecule has 1 fully saturated rings. The molecule has 0 unspecified atom stereocenters. The molecule has 0 saturated carbocycles. The summed E-state index contributed by atoms with van der Waals surface area (Å²) in [6.45, 7) is 1.58. The third kappa shape index (κ3) is 4.84. The number of pyridine rings is 1. The number of amides is 1. The van der Waals surface area contributed by atoms with E-state index in [4.69, 9.17) is 5.26 Å². The number of rotatable bonds is 5. The first-order chi connectivity index (χ1) is 14.7. The van der Waals surface area contributed by atoms with Crippen LogP contribution in [0.5, 0.6) is 0 Å². The highest BCUT2D eigenvalue weighted by Crippen LogP contribution is 2.23. The highest BCUT2D eigenvalue weighted by atomic mass is 16.2. The minimum absolute atomic E-state index is 0.0405. The van der Waals surface area contributed by atoms with E-state index in [0.29, 0.717) is 22.9 Å². The number of piperidine rings is 1. The number of hydrogen-bond donors (Lipinski definition) is 1. The maximum atomic E-state index is 12.8. The van der Waals surface area contributed by atoms with E-state index >= 15 is 0 Å². The van der Waals surface area contributed by atoms with Gasteiger partial charge in [0.2, 0.25) is 0 Å². The Labute approximate surface area is 177 Å². The van der Waals surface area contributed by atoms with Crippen molar-refractivity contribution in [2.24, 2.45) is 5.92 Å². The Morgan fingerprint density at radius 2 is 1.87 bits per heavy atom. The van der Waals surface area contributed by atoms with Crippen LogP contribution >= 0.6 is 0 Å². The molecule has 1 amide bonds. The van der Waals surface area contributed by atoms with Crippen LogP contribution in [0, 0.1) is 17.2 Å². The number of nitrogens with zero attached hydrogens (tertiary/aromatic N) is 3. The summed E-state index contributed by atoms with van der Waals surface area (Å²) in [5, 5.41) is 12.2. The molecule has 30 heavy (non-hydrogen) atoms. The van der Waals surface area contributed by atoms with Gasteiger partial charge in [-0.1, -0.05) is 36.4 Å². The molecular formula is C25H24N4O. The van der Waals surface area contributed by atoms with Crippen LogP contribution in [-0.2, 0) is 6.42 Å². The number of likely N-dealkylation sites (tertiary alicyclic amines) is 1. The van der Waals surface area contributed by atoms with E-state index in [1.165, 1.54) is 5.56 Å². The Balaban J connectivity index is 1.32. The number of hydrogen-bond acceptors (Lipinski definition) is 4. The van der Waals surface area contributed by atoms with Crippen LogP contribution in [0.1, 0.15) is 34.3 Å². The van der Waals surface area contributed by atoms with E-state index in [9.17, 15) is 4.79 Å². The van der Waals surface area contributed by atoms with Gasteiger partial charge < -0.3 is 10.2 Å². The summed E-state index contributed by atoms with van der Waals surface area (Å²) in [5.41, 5.74) is 3.35. The van der Waals surface area contributed by atoms with Crippen LogP contribution in [-0.4, -0.2) is 28.9 Å². The Morgan fingerprint density at radius 1 is 1.07 bits per heavy atom.